The fourth-order valence-corrected chi connectivity index (χ4v) is 1.32. The summed E-state index contributed by atoms with van der Waals surface area (Å²) in [6.07, 6.45) is 5.78. The van der Waals surface area contributed by atoms with Gasteiger partial charge in [0.05, 0.1) is 6.54 Å². The smallest absolute Gasteiger partial charge is 0.150 e. The van der Waals surface area contributed by atoms with E-state index in [9.17, 15) is 0 Å². The number of aromatic nitrogens is 1. The van der Waals surface area contributed by atoms with Gasteiger partial charge in [0.1, 0.15) is 0 Å². The molecule has 0 radical (unpaired) electrons. The monoisotopic (exact) mass is 166 g/mol. The van der Waals surface area contributed by atoms with E-state index in [0.717, 1.165) is 17.9 Å². The quantitative estimate of drug-likeness (QED) is 0.549. The predicted octanol–water partition coefficient (Wildman–Crippen LogP) is 2.07. The molecule has 2 heterocycles. The minimum absolute atomic E-state index is 0.728. The number of hydrogen-bond donors (Lipinski definition) is 0. The predicted molar refractivity (Wildman–Crippen MR) is 46.5 cm³/mol. The van der Waals surface area contributed by atoms with Gasteiger partial charge in [-0.05, 0) is 12.1 Å². The largest absolute Gasteiger partial charge is 0.265 e. The maximum atomic E-state index is 5.87. The molecular formula is C8H7ClN2. The van der Waals surface area contributed by atoms with Crippen LogP contribution < -0.4 is 4.42 Å². The Morgan fingerprint density at radius 3 is 3.27 bits per heavy atom. The molecule has 11 heavy (non-hydrogen) atoms. The average molecular weight is 167 g/mol. The van der Waals surface area contributed by atoms with E-state index in [-0.39, 0.29) is 0 Å². The standard InChI is InChI=1S/C8H7ClN2/c9-11-6-2-4-7-3-1-5-10-8(7)11/h1-5H,6H2. The van der Waals surface area contributed by atoms with E-state index in [4.69, 9.17) is 11.8 Å². The topological polar surface area (TPSA) is 16.1 Å². The molecule has 0 fully saturated rings. The molecular weight excluding hydrogens is 160 g/mol. The van der Waals surface area contributed by atoms with Crippen molar-refractivity contribution in [1.82, 2.24) is 4.98 Å². The molecule has 2 nitrogen and oxygen atoms in total. The van der Waals surface area contributed by atoms with E-state index < -0.39 is 0 Å². The van der Waals surface area contributed by atoms with Crippen LogP contribution in [0.1, 0.15) is 5.56 Å². The molecule has 0 aliphatic carbocycles. The number of pyridine rings is 1. The highest BCUT2D eigenvalue weighted by atomic mass is 35.5. The highest BCUT2D eigenvalue weighted by Crippen LogP contribution is 2.23. The highest BCUT2D eigenvalue weighted by molar-refractivity contribution is 6.26. The van der Waals surface area contributed by atoms with Crippen LogP contribution in [0, 0.1) is 0 Å². The van der Waals surface area contributed by atoms with Gasteiger partial charge in [0.25, 0.3) is 0 Å². The van der Waals surface area contributed by atoms with Crippen LogP contribution in [0.25, 0.3) is 6.08 Å². The molecule has 0 atom stereocenters. The summed E-state index contributed by atoms with van der Waals surface area (Å²) in [6.45, 7) is 0.728. The summed E-state index contributed by atoms with van der Waals surface area (Å²) >= 11 is 5.87. The molecule has 0 saturated carbocycles. The molecule has 0 amide bonds. The van der Waals surface area contributed by atoms with Crippen LogP contribution in [0.3, 0.4) is 0 Å². The van der Waals surface area contributed by atoms with Gasteiger partial charge in [-0.3, -0.25) is 4.42 Å². The van der Waals surface area contributed by atoms with Crippen molar-refractivity contribution in [3.63, 3.8) is 0 Å². The van der Waals surface area contributed by atoms with Crippen molar-refractivity contribution in [2.24, 2.45) is 0 Å². The number of halogens is 1. The van der Waals surface area contributed by atoms with Gasteiger partial charge in [-0.1, -0.05) is 12.2 Å². The summed E-state index contributed by atoms with van der Waals surface area (Å²) < 4.78 is 1.61. The summed E-state index contributed by atoms with van der Waals surface area (Å²) in [6, 6.07) is 3.90. The molecule has 3 heteroatoms. The average Bonchev–Trinajstić information content (AvgIpc) is 2.06. The highest BCUT2D eigenvalue weighted by Gasteiger charge is 2.10. The Bertz CT molecular complexity index is 296. The molecule has 0 unspecified atom stereocenters. The Morgan fingerprint density at radius 2 is 2.45 bits per heavy atom. The summed E-state index contributed by atoms with van der Waals surface area (Å²) in [5, 5.41) is 0. The van der Waals surface area contributed by atoms with Crippen molar-refractivity contribution < 1.29 is 0 Å². The van der Waals surface area contributed by atoms with Crippen LogP contribution in [0.4, 0.5) is 5.82 Å². The molecule has 0 saturated heterocycles. The normalized spacial score (nSPS) is 14.8. The third-order valence-corrected chi connectivity index (χ3v) is 1.91. The van der Waals surface area contributed by atoms with Gasteiger partial charge in [0, 0.05) is 23.5 Å². The van der Waals surface area contributed by atoms with Gasteiger partial charge in [0.15, 0.2) is 5.82 Å². The molecule has 1 aliphatic rings. The Balaban J connectivity index is 2.54. The zero-order valence-corrected chi connectivity index (χ0v) is 6.62. The van der Waals surface area contributed by atoms with E-state index in [1.807, 2.05) is 24.3 Å². The van der Waals surface area contributed by atoms with Crippen molar-refractivity contribution in [3.05, 3.63) is 30.0 Å². The fraction of sp³-hybridized carbons (Fsp3) is 0.125. The first-order valence-corrected chi connectivity index (χ1v) is 3.76. The SMILES string of the molecule is ClN1CC=Cc2cccnc21. The maximum Gasteiger partial charge on any atom is 0.150 e. The third kappa shape index (κ3) is 1.10. The Labute approximate surface area is 70.2 Å². The second-order valence-electron chi connectivity index (χ2n) is 2.36. The molecule has 1 aliphatic heterocycles. The first-order valence-electron chi connectivity index (χ1n) is 3.43. The van der Waals surface area contributed by atoms with Crippen molar-refractivity contribution in [3.8, 4) is 0 Å². The van der Waals surface area contributed by atoms with Gasteiger partial charge in [-0.2, -0.15) is 0 Å². The van der Waals surface area contributed by atoms with E-state index in [0.29, 0.717) is 0 Å². The lowest BCUT2D eigenvalue weighted by Crippen LogP contribution is -2.15. The molecule has 2 rings (SSSR count). The zero-order valence-electron chi connectivity index (χ0n) is 5.87. The number of rotatable bonds is 0. The van der Waals surface area contributed by atoms with Crippen molar-refractivity contribution in [1.29, 1.82) is 0 Å². The van der Waals surface area contributed by atoms with Gasteiger partial charge < -0.3 is 0 Å². The second-order valence-corrected chi connectivity index (χ2v) is 2.77. The minimum Gasteiger partial charge on any atom is -0.265 e. The number of nitrogens with zero attached hydrogens (tertiary/aromatic N) is 2. The van der Waals surface area contributed by atoms with Gasteiger partial charge in [-0.15, -0.1) is 0 Å². The van der Waals surface area contributed by atoms with Crippen molar-refractivity contribution in [2.75, 3.05) is 11.0 Å². The van der Waals surface area contributed by atoms with Gasteiger partial charge >= 0.3 is 0 Å². The van der Waals surface area contributed by atoms with Crippen LogP contribution >= 0.6 is 11.8 Å². The zero-order chi connectivity index (χ0) is 7.68. The van der Waals surface area contributed by atoms with E-state index in [2.05, 4.69) is 4.98 Å². The lowest BCUT2D eigenvalue weighted by atomic mass is 10.2. The van der Waals surface area contributed by atoms with Crippen LogP contribution in [-0.4, -0.2) is 11.5 Å². The van der Waals surface area contributed by atoms with Gasteiger partial charge in [0.2, 0.25) is 0 Å². The lowest BCUT2D eigenvalue weighted by Gasteiger charge is -2.18. The molecule has 0 spiro atoms. The summed E-state index contributed by atoms with van der Waals surface area (Å²) in [5.41, 5.74) is 1.08. The number of hydrogen-bond acceptors (Lipinski definition) is 2. The third-order valence-electron chi connectivity index (χ3n) is 1.61. The Hall–Kier alpha value is -1.02. The molecule has 1 aromatic heterocycles. The molecule has 0 aromatic carbocycles. The second kappa shape index (κ2) is 2.55. The van der Waals surface area contributed by atoms with Crippen LogP contribution in [-0.2, 0) is 0 Å². The van der Waals surface area contributed by atoms with Crippen LogP contribution in [0.15, 0.2) is 24.4 Å². The van der Waals surface area contributed by atoms with Crippen LogP contribution in [0.5, 0.6) is 0 Å². The number of fused-ring (bicyclic) bond motifs is 1. The van der Waals surface area contributed by atoms with Crippen molar-refractivity contribution >= 4 is 23.7 Å². The summed E-state index contributed by atoms with van der Waals surface area (Å²) in [5.74, 6) is 0.844. The summed E-state index contributed by atoms with van der Waals surface area (Å²) in [7, 11) is 0. The van der Waals surface area contributed by atoms with Gasteiger partial charge in [-0.25, -0.2) is 4.98 Å². The first-order chi connectivity index (χ1) is 5.38. The maximum absolute atomic E-state index is 5.87. The Kier molecular flexibility index (Phi) is 1.55. The molecule has 1 aromatic rings. The van der Waals surface area contributed by atoms with E-state index >= 15 is 0 Å². The molecule has 56 valence electrons. The summed E-state index contributed by atoms with van der Waals surface area (Å²) in [4.78, 5) is 4.14. The lowest BCUT2D eigenvalue weighted by molar-refractivity contribution is 1.11. The van der Waals surface area contributed by atoms with E-state index in [1.54, 1.807) is 10.6 Å². The first kappa shape index (κ1) is 6.68. The number of anilines is 1. The Morgan fingerprint density at radius 1 is 1.55 bits per heavy atom. The van der Waals surface area contributed by atoms with Crippen LogP contribution in [0.2, 0.25) is 0 Å². The fourth-order valence-electron chi connectivity index (χ4n) is 1.10. The van der Waals surface area contributed by atoms with E-state index in [1.165, 1.54) is 0 Å². The minimum atomic E-state index is 0.728. The molecule has 0 bridgehead atoms. The van der Waals surface area contributed by atoms with Crippen molar-refractivity contribution in [2.45, 2.75) is 0 Å². The molecule has 0 N–H and O–H groups in total.